The maximum atomic E-state index is 5.54. The summed E-state index contributed by atoms with van der Waals surface area (Å²) in [5, 5.41) is 6.29. The highest BCUT2D eigenvalue weighted by Gasteiger charge is 2.01. The van der Waals surface area contributed by atoms with E-state index in [1.165, 1.54) is 17.5 Å². The van der Waals surface area contributed by atoms with Crippen molar-refractivity contribution in [2.45, 2.75) is 32.4 Å². The van der Waals surface area contributed by atoms with Crippen LogP contribution in [0.2, 0.25) is 0 Å². The molecule has 0 amide bonds. The molecular formula is C16H29N3S. The number of anilines is 1. The lowest BCUT2D eigenvalue weighted by Crippen LogP contribution is -2.12. The van der Waals surface area contributed by atoms with Crippen molar-refractivity contribution in [2.75, 3.05) is 25.0 Å². The number of nitrogens with one attached hydrogen (secondary N) is 2. The number of hydrogen-bond acceptors (Lipinski definition) is 4. The van der Waals surface area contributed by atoms with Crippen molar-refractivity contribution < 1.29 is 0 Å². The van der Waals surface area contributed by atoms with E-state index < -0.39 is 0 Å². The van der Waals surface area contributed by atoms with Crippen molar-refractivity contribution >= 4 is 18.3 Å². The van der Waals surface area contributed by atoms with Crippen molar-refractivity contribution in [3.05, 3.63) is 42.1 Å². The highest BCUT2D eigenvalue weighted by Crippen LogP contribution is 2.19. The van der Waals surface area contributed by atoms with Gasteiger partial charge >= 0.3 is 0 Å². The van der Waals surface area contributed by atoms with Crippen LogP contribution >= 0.6 is 12.6 Å². The number of benzene rings is 1. The highest BCUT2D eigenvalue weighted by atomic mass is 32.1. The Labute approximate surface area is 129 Å². The van der Waals surface area contributed by atoms with Gasteiger partial charge in [-0.05, 0) is 55.9 Å². The van der Waals surface area contributed by atoms with Crippen LogP contribution in [0, 0.1) is 0 Å². The molecule has 0 heterocycles. The maximum Gasteiger partial charge on any atom is 0.0412 e. The van der Waals surface area contributed by atoms with Crippen LogP contribution in [0.4, 0.5) is 5.69 Å². The van der Waals surface area contributed by atoms with Gasteiger partial charge in [0.25, 0.3) is 0 Å². The highest BCUT2D eigenvalue weighted by molar-refractivity contribution is 7.79. The summed E-state index contributed by atoms with van der Waals surface area (Å²) < 4.78 is 0. The van der Waals surface area contributed by atoms with Crippen molar-refractivity contribution in [1.29, 1.82) is 0 Å². The fourth-order valence-corrected chi connectivity index (χ4v) is 1.91. The van der Waals surface area contributed by atoms with Gasteiger partial charge in [-0.25, -0.2) is 0 Å². The van der Waals surface area contributed by atoms with Gasteiger partial charge < -0.3 is 16.4 Å². The van der Waals surface area contributed by atoms with Crippen molar-refractivity contribution in [2.24, 2.45) is 5.73 Å². The molecule has 1 aromatic carbocycles. The largest absolute Gasteiger partial charge is 0.362 e. The molecule has 0 aliphatic rings. The van der Waals surface area contributed by atoms with Crippen LogP contribution < -0.4 is 16.4 Å². The van der Waals surface area contributed by atoms with Crippen molar-refractivity contribution in [3.63, 3.8) is 0 Å². The first-order valence-corrected chi connectivity index (χ1v) is 7.87. The SMILES string of the molecule is C=CNc1ccc(CS)cc1CCN.CCCNCC. The van der Waals surface area contributed by atoms with Crippen LogP contribution in [-0.4, -0.2) is 19.6 Å². The third kappa shape index (κ3) is 8.25. The van der Waals surface area contributed by atoms with Gasteiger partial charge in [-0.2, -0.15) is 12.6 Å². The van der Waals surface area contributed by atoms with E-state index in [0.717, 1.165) is 31.0 Å². The van der Waals surface area contributed by atoms with Crippen LogP contribution in [0.3, 0.4) is 0 Å². The minimum absolute atomic E-state index is 0.655. The Kier molecular flexibility index (Phi) is 12.4. The number of hydrogen-bond donors (Lipinski definition) is 4. The van der Waals surface area contributed by atoms with E-state index in [2.05, 4.69) is 55.8 Å². The molecule has 4 N–H and O–H groups in total. The number of thiol groups is 1. The first-order chi connectivity index (χ1) is 9.73. The second-order valence-electron chi connectivity index (χ2n) is 4.39. The molecule has 0 bridgehead atoms. The van der Waals surface area contributed by atoms with E-state index in [9.17, 15) is 0 Å². The molecule has 4 heteroatoms. The predicted octanol–water partition coefficient (Wildman–Crippen LogP) is 3.18. The van der Waals surface area contributed by atoms with Crippen molar-refractivity contribution in [3.8, 4) is 0 Å². The molecule has 0 aliphatic carbocycles. The van der Waals surface area contributed by atoms with Gasteiger partial charge in [-0.3, -0.25) is 0 Å². The minimum Gasteiger partial charge on any atom is -0.362 e. The molecule has 0 spiro atoms. The fraction of sp³-hybridized carbons (Fsp3) is 0.500. The summed E-state index contributed by atoms with van der Waals surface area (Å²) in [7, 11) is 0. The van der Waals surface area contributed by atoms with Gasteiger partial charge in [0.1, 0.15) is 0 Å². The van der Waals surface area contributed by atoms with E-state index in [-0.39, 0.29) is 0 Å². The summed E-state index contributed by atoms with van der Waals surface area (Å²) in [5.74, 6) is 0.756. The van der Waals surface area contributed by atoms with Crippen LogP contribution in [0.1, 0.15) is 31.4 Å². The molecule has 0 atom stereocenters. The van der Waals surface area contributed by atoms with Crippen LogP contribution in [0.25, 0.3) is 0 Å². The third-order valence-corrected chi connectivity index (χ3v) is 3.07. The standard InChI is InChI=1S/C11H16N2S.C5H13N/c1-2-13-11-4-3-9(8-14)7-10(11)5-6-12;1-3-5-6-4-2/h2-4,7,13-14H,1,5-6,8,12H2;6H,3-5H2,1-2H3. The Morgan fingerprint density at radius 2 is 2.10 bits per heavy atom. The molecular weight excluding hydrogens is 266 g/mol. The van der Waals surface area contributed by atoms with Gasteiger partial charge in [0.2, 0.25) is 0 Å². The molecule has 114 valence electrons. The Balaban J connectivity index is 0.000000511. The zero-order valence-corrected chi connectivity index (χ0v) is 13.7. The van der Waals surface area contributed by atoms with E-state index in [0.29, 0.717) is 6.54 Å². The Bertz CT molecular complexity index is 363. The average Bonchev–Trinajstić information content (AvgIpc) is 2.48. The smallest absolute Gasteiger partial charge is 0.0412 e. The van der Waals surface area contributed by atoms with Gasteiger partial charge in [0.05, 0.1) is 0 Å². The van der Waals surface area contributed by atoms with E-state index in [1.54, 1.807) is 6.20 Å². The average molecular weight is 295 g/mol. The molecule has 0 radical (unpaired) electrons. The molecule has 0 saturated carbocycles. The number of nitrogens with two attached hydrogens (primary N) is 1. The zero-order valence-electron chi connectivity index (χ0n) is 12.8. The summed E-state index contributed by atoms with van der Waals surface area (Å²) in [4.78, 5) is 0. The van der Waals surface area contributed by atoms with Crippen LogP contribution in [-0.2, 0) is 12.2 Å². The second kappa shape index (κ2) is 13.0. The number of rotatable bonds is 8. The normalized spacial score (nSPS) is 9.60. The molecule has 0 saturated heterocycles. The van der Waals surface area contributed by atoms with Crippen LogP contribution in [0.5, 0.6) is 0 Å². The van der Waals surface area contributed by atoms with Crippen molar-refractivity contribution in [1.82, 2.24) is 5.32 Å². The van der Waals surface area contributed by atoms with E-state index >= 15 is 0 Å². The fourth-order valence-electron chi connectivity index (χ4n) is 1.71. The lowest BCUT2D eigenvalue weighted by molar-refractivity contribution is 0.703. The summed E-state index contributed by atoms with van der Waals surface area (Å²) >= 11 is 4.24. The molecule has 3 nitrogen and oxygen atoms in total. The first-order valence-electron chi connectivity index (χ1n) is 7.24. The molecule has 0 fully saturated rings. The Morgan fingerprint density at radius 3 is 2.55 bits per heavy atom. The minimum atomic E-state index is 0.655. The summed E-state index contributed by atoms with van der Waals surface area (Å²) in [6.45, 7) is 10.9. The lowest BCUT2D eigenvalue weighted by Gasteiger charge is -2.09. The van der Waals surface area contributed by atoms with E-state index in [1.807, 2.05) is 6.07 Å². The molecule has 20 heavy (non-hydrogen) atoms. The topological polar surface area (TPSA) is 50.1 Å². The summed E-state index contributed by atoms with van der Waals surface area (Å²) in [5.41, 5.74) is 9.06. The second-order valence-corrected chi connectivity index (χ2v) is 4.71. The van der Waals surface area contributed by atoms with Gasteiger partial charge in [0.15, 0.2) is 0 Å². The predicted molar refractivity (Wildman–Crippen MR) is 94.5 cm³/mol. The van der Waals surface area contributed by atoms with Gasteiger partial charge in [-0.15, -0.1) is 0 Å². The Hall–Kier alpha value is -0.970. The van der Waals surface area contributed by atoms with Gasteiger partial charge in [0, 0.05) is 11.4 Å². The van der Waals surface area contributed by atoms with Gasteiger partial charge in [-0.1, -0.05) is 32.6 Å². The maximum absolute atomic E-state index is 5.54. The zero-order chi connectivity index (χ0) is 15.2. The lowest BCUT2D eigenvalue weighted by atomic mass is 10.1. The third-order valence-electron chi connectivity index (χ3n) is 2.70. The molecule has 1 aromatic rings. The van der Waals surface area contributed by atoms with E-state index in [4.69, 9.17) is 5.73 Å². The summed E-state index contributed by atoms with van der Waals surface area (Å²) in [6.07, 6.45) is 3.79. The van der Waals surface area contributed by atoms with Crippen LogP contribution in [0.15, 0.2) is 31.0 Å². The summed E-state index contributed by atoms with van der Waals surface area (Å²) in [6, 6.07) is 6.22. The monoisotopic (exact) mass is 295 g/mol. The first kappa shape index (κ1) is 19.0. The molecule has 1 rings (SSSR count). The quantitative estimate of drug-likeness (QED) is 0.440. The Morgan fingerprint density at radius 1 is 1.35 bits per heavy atom. The molecule has 0 aliphatic heterocycles. The molecule has 0 unspecified atom stereocenters. The molecule has 0 aromatic heterocycles.